The first-order chi connectivity index (χ1) is 17.9. The molecule has 12 heteroatoms. The number of anilines is 1. The maximum Gasteiger partial charge on any atom is 0.319 e. The van der Waals surface area contributed by atoms with Gasteiger partial charge in [0.1, 0.15) is 23.5 Å². The van der Waals surface area contributed by atoms with Crippen LogP contribution in [0, 0.1) is 0 Å². The Labute approximate surface area is 219 Å². The Morgan fingerprint density at radius 2 is 1.68 bits per heavy atom. The van der Waals surface area contributed by atoms with Gasteiger partial charge in [-0.1, -0.05) is 12.1 Å². The molecule has 0 radical (unpaired) electrons. The molecule has 0 unspecified atom stereocenters. The largest absolute Gasteiger partial charge is 0.497 e. The highest BCUT2D eigenvalue weighted by molar-refractivity contribution is 5.95. The van der Waals surface area contributed by atoms with Gasteiger partial charge >= 0.3 is 6.03 Å². The minimum absolute atomic E-state index is 0.0405. The van der Waals surface area contributed by atoms with Crippen molar-refractivity contribution in [1.82, 2.24) is 10.6 Å². The van der Waals surface area contributed by atoms with Gasteiger partial charge < -0.3 is 41.7 Å². The fourth-order valence-electron chi connectivity index (χ4n) is 4.26. The molecule has 0 spiro atoms. The molecule has 0 aliphatic heterocycles. The second kappa shape index (κ2) is 12.0. The Balaban J connectivity index is 1.66. The van der Waals surface area contributed by atoms with Gasteiger partial charge in [-0.15, -0.1) is 0 Å². The first-order valence-electron chi connectivity index (χ1n) is 11.9. The summed E-state index contributed by atoms with van der Waals surface area (Å²) in [6.07, 6.45) is -3.95. The molecule has 0 bridgehead atoms. The molecule has 2 aromatic carbocycles. The number of hydrogen-bond donors (Lipinski definition) is 7. The Bertz CT molecular complexity index is 1170. The summed E-state index contributed by atoms with van der Waals surface area (Å²) >= 11 is 0. The maximum atomic E-state index is 13.0. The standard InChI is InChI=1S/C26H32N4O8/c1-14(31)16-5-7-17(8-6-16)28-25(36)30-20-12-26(37,13-21(32)22(20)33)24(35)29-19(23(27)34)11-15-3-9-18(38-2)10-4-15/h3-10,19-22,32-33,37H,11-13H2,1-2H3,(H2,27,34)(H,29,35)(H2,28,30,36)/t19-,20-,21+,22+,26-/m0/s1. The minimum atomic E-state index is -2.21. The number of methoxy groups -OCH3 is 1. The molecule has 12 nitrogen and oxygen atoms in total. The molecule has 8 N–H and O–H groups in total. The van der Waals surface area contributed by atoms with Crippen LogP contribution >= 0.6 is 0 Å². The van der Waals surface area contributed by atoms with Crippen molar-refractivity contribution < 1.29 is 39.2 Å². The van der Waals surface area contributed by atoms with Crippen LogP contribution < -0.4 is 26.4 Å². The van der Waals surface area contributed by atoms with Crippen LogP contribution in [0.4, 0.5) is 10.5 Å². The normalized spacial score (nSPS) is 23.6. The van der Waals surface area contributed by atoms with E-state index in [-0.39, 0.29) is 12.2 Å². The molecule has 5 atom stereocenters. The van der Waals surface area contributed by atoms with Gasteiger partial charge in [0.05, 0.1) is 19.3 Å². The van der Waals surface area contributed by atoms with Gasteiger partial charge in [0.25, 0.3) is 5.91 Å². The van der Waals surface area contributed by atoms with E-state index in [2.05, 4.69) is 16.0 Å². The number of carbonyl (C=O) groups excluding carboxylic acids is 4. The van der Waals surface area contributed by atoms with E-state index < -0.39 is 60.6 Å². The van der Waals surface area contributed by atoms with Crippen molar-refractivity contribution in [3.63, 3.8) is 0 Å². The van der Waals surface area contributed by atoms with Gasteiger partial charge in [-0.2, -0.15) is 0 Å². The van der Waals surface area contributed by atoms with Crippen molar-refractivity contribution in [2.45, 2.75) is 56.1 Å². The Morgan fingerprint density at radius 1 is 1.05 bits per heavy atom. The third-order valence-corrected chi connectivity index (χ3v) is 6.45. The zero-order chi connectivity index (χ0) is 28.0. The first kappa shape index (κ1) is 28.6. The lowest BCUT2D eigenvalue weighted by atomic mass is 9.77. The summed E-state index contributed by atoms with van der Waals surface area (Å²) < 4.78 is 5.10. The second-order valence-electron chi connectivity index (χ2n) is 9.32. The topological polar surface area (TPSA) is 200 Å². The maximum absolute atomic E-state index is 13.0. The number of benzene rings is 2. The molecule has 4 amide bonds. The quantitative estimate of drug-likeness (QED) is 0.218. The molecule has 0 saturated heterocycles. The van der Waals surface area contributed by atoms with Crippen molar-refractivity contribution in [1.29, 1.82) is 0 Å². The summed E-state index contributed by atoms with van der Waals surface area (Å²) in [5, 5.41) is 39.3. The number of nitrogens with one attached hydrogen (secondary N) is 3. The molecule has 3 rings (SSSR count). The number of carbonyl (C=O) groups is 4. The van der Waals surface area contributed by atoms with Crippen molar-refractivity contribution in [2.24, 2.45) is 5.73 Å². The number of Topliss-reactive ketones (excluding diaryl/α,β-unsaturated/α-hetero) is 1. The second-order valence-corrected chi connectivity index (χ2v) is 9.32. The highest BCUT2D eigenvalue weighted by Crippen LogP contribution is 2.30. The fraction of sp³-hybridized carbons (Fsp3) is 0.385. The van der Waals surface area contributed by atoms with E-state index in [4.69, 9.17) is 10.5 Å². The molecule has 2 aromatic rings. The van der Waals surface area contributed by atoms with Crippen LogP contribution in [0.25, 0.3) is 0 Å². The summed E-state index contributed by atoms with van der Waals surface area (Å²) in [5.41, 5.74) is 4.74. The van der Waals surface area contributed by atoms with Gasteiger partial charge in [-0.3, -0.25) is 14.4 Å². The number of urea groups is 1. The van der Waals surface area contributed by atoms with Crippen LogP contribution in [0.1, 0.15) is 35.7 Å². The van der Waals surface area contributed by atoms with Gasteiger partial charge in [-0.05, 0) is 48.9 Å². The number of ether oxygens (including phenoxy) is 1. The molecule has 0 aromatic heterocycles. The predicted molar refractivity (Wildman–Crippen MR) is 136 cm³/mol. The summed E-state index contributed by atoms with van der Waals surface area (Å²) in [5.74, 6) is -1.35. The van der Waals surface area contributed by atoms with E-state index in [0.29, 0.717) is 22.6 Å². The van der Waals surface area contributed by atoms with Gasteiger partial charge in [0.2, 0.25) is 5.91 Å². The zero-order valence-corrected chi connectivity index (χ0v) is 21.0. The molecule has 1 fully saturated rings. The number of nitrogens with two attached hydrogens (primary N) is 1. The van der Waals surface area contributed by atoms with E-state index in [0.717, 1.165) is 0 Å². The molecule has 1 aliphatic carbocycles. The fourth-order valence-corrected chi connectivity index (χ4v) is 4.26. The molecule has 204 valence electrons. The lowest BCUT2D eigenvalue weighted by molar-refractivity contribution is -0.158. The smallest absolute Gasteiger partial charge is 0.319 e. The molecule has 1 aliphatic rings. The Morgan fingerprint density at radius 3 is 2.24 bits per heavy atom. The molecule has 0 heterocycles. The minimum Gasteiger partial charge on any atom is -0.497 e. The van der Waals surface area contributed by atoms with E-state index in [9.17, 15) is 34.5 Å². The Kier molecular flexibility index (Phi) is 9.04. The van der Waals surface area contributed by atoms with Gasteiger partial charge in [-0.25, -0.2) is 4.79 Å². The van der Waals surface area contributed by atoms with E-state index >= 15 is 0 Å². The van der Waals surface area contributed by atoms with Crippen molar-refractivity contribution in [3.05, 3.63) is 59.7 Å². The monoisotopic (exact) mass is 528 g/mol. The highest BCUT2D eigenvalue weighted by atomic mass is 16.5. The lowest BCUT2D eigenvalue weighted by Crippen LogP contribution is -2.64. The average Bonchev–Trinajstić information content (AvgIpc) is 2.87. The SMILES string of the molecule is COc1ccc(C[C@H](NC(=O)[C@@]2(O)C[C@@H](O)[C@H](O)[C@@H](NC(=O)Nc3ccc(C(C)=O)cc3)C2)C(N)=O)cc1. The van der Waals surface area contributed by atoms with Crippen LogP contribution in [-0.4, -0.2) is 76.0 Å². The molecular formula is C26H32N4O8. The summed E-state index contributed by atoms with van der Waals surface area (Å²) in [7, 11) is 1.51. The van der Waals surface area contributed by atoms with Crippen LogP contribution in [0.3, 0.4) is 0 Å². The number of rotatable bonds is 9. The first-order valence-corrected chi connectivity index (χ1v) is 11.9. The molecule has 1 saturated carbocycles. The number of amides is 4. The van der Waals surface area contributed by atoms with Crippen molar-refractivity contribution in [2.75, 3.05) is 12.4 Å². The van der Waals surface area contributed by atoms with Crippen molar-refractivity contribution >= 4 is 29.3 Å². The van der Waals surface area contributed by atoms with E-state index in [1.54, 1.807) is 24.3 Å². The molecule has 38 heavy (non-hydrogen) atoms. The van der Waals surface area contributed by atoms with Gasteiger partial charge in [0, 0.05) is 30.5 Å². The number of hydrogen-bond acceptors (Lipinski definition) is 8. The third kappa shape index (κ3) is 7.06. The summed E-state index contributed by atoms with van der Waals surface area (Å²) in [4.78, 5) is 49.0. The average molecular weight is 529 g/mol. The predicted octanol–water partition coefficient (Wildman–Crippen LogP) is -0.153. The van der Waals surface area contributed by atoms with Crippen molar-refractivity contribution in [3.8, 4) is 5.75 Å². The van der Waals surface area contributed by atoms with E-state index in [1.165, 1.54) is 38.3 Å². The molecular weight excluding hydrogens is 496 g/mol. The summed E-state index contributed by atoms with van der Waals surface area (Å²) in [6, 6.07) is 9.69. The number of aliphatic hydroxyl groups excluding tert-OH is 2. The summed E-state index contributed by atoms with van der Waals surface area (Å²) in [6.45, 7) is 1.41. The zero-order valence-electron chi connectivity index (χ0n) is 21.0. The third-order valence-electron chi connectivity index (χ3n) is 6.45. The van der Waals surface area contributed by atoms with Crippen LogP contribution in [0.5, 0.6) is 5.75 Å². The Hall–Kier alpha value is -4.00. The van der Waals surface area contributed by atoms with E-state index in [1.807, 2.05) is 0 Å². The van der Waals surface area contributed by atoms with Crippen LogP contribution in [0.15, 0.2) is 48.5 Å². The highest BCUT2D eigenvalue weighted by Gasteiger charge is 2.49. The van der Waals surface area contributed by atoms with Crippen LogP contribution in [0.2, 0.25) is 0 Å². The lowest BCUT2D eigenvalue weighted by Gasteiger charge is -2.41. The number of aliphatic hydroxyl groups is 3. The van der Waals surface area contributed by atoms with Gasteiger partial charge in [0.15, 0.2) is 5.78 Å². The van der Waals surface area contributed by atoms with Crippen LogP contribution in [-0.2, 0) is 16.0 Å². The number of primary amides is 1. The number of ketones is 1.